The standard InChI is InChI=1S/C14H20N2O2/c1-4-14(3)9-15-10-7-6-8-11(18-5-2)12(10)16-13(14)17/h6-8,15H,4-5,9H2,1-3H3,(H,16,17). The molecule has 98 valence electrons. The summed E-state index contributed by atoms with van der Waals surface area (Å²) >= 11 is 0. The first-order valence-corrected chi connectivity index (χ1v) is 6.42. The summed E-state index contributed by atoms with van der Waals surface area (Å²) in [5, 5.41) is 6.32. The number of amides is 1. The first kappa shape index (κ1) is 12.7. The van der Waals surface area contributed by atoms with Gasteiger partial charge in [0, 0.05) is 6.54 Å². The molecule has 0 bridgehead atoms. The van der Waals surface area contributed by atoms with Crippen molar-refractivity contribution in [3.05, 3.63) is 18.2 Å². The molecular weight excluding hydrogens is 228 g/mol. The van der Waals surface area contributed by atoms with Gasteiger partial charge in [-0.2, -0.15) is 0 Å². The summed E-state index contributed by atoms with van der Waals surface area (Å²) in [6.45, 7) is 7.15. The van der Waals surface area contributed by atoms with Gasteiger partial charge in [0.2, 0.25) is 5.91 Å². The number of anilines is 2. The molecule has 0 saturated carbocycles. The van der Waals surface area contributed by atoms with Gasteiger partial charge in [0.1, 0.15) is 11.4 Å². The maximum atomic E-state index is 12.3. The van der Waals surface area contributed by atoms with Crippen molar-refractivity contribution in [2.45, 2.75) is 27.2 Å². The highest BCUT2D eigenvalue weighted by Gasteiger charge is 2.34. The van der Waals surface area contributed by atoms with E-state index in [0.29, 0.717) is 13.2 Å². The van der Waals surface area contributed by atoms with Crippen LogP contribution in [0.5, 0.6) is 5.75 Å². The maximum Gasteiger partial charge on any atom is 0.232 e. The minimum absolute atomic E-state index is 0.0448. The van der Waals surface area contributed by atoms with Crippen molar-refractivity contribution in [2.24, 2.45) is 5.41 Å². The van der Waals surface area contributed by atoms with Gasteiger partial charge >= 0.3 is 0 Å². The number of ether oxygens (including phenoxy) is 1. The molecule has 1 amide bonds. The highest BCUT2D eigenvalue weighted by molar-refractivity contribution is 6.01. The second-order valence-electron chi connectivity index (χ2n) is 4.83. The second kappa shape index (κ2) is 4.88. The minimum Gasteiger partial charge on any atom is -0.492 e. The highest BCUT2D eigenvalue weighted by atomic mass is 16.5. The van der Waals surface area contributed by atoms with Gasteiger partial charge in [-0.15, -0.1) is 0 Å². The summed E-state index contributed by atoms with van der Waals surface area (Å²) in [5.41, 5.74) is 1.29. The number of para-hydroxylation sites is 1. The summed E-state index contributed by atoms with van der Waals surface area (Å²) in [6, 6.07) is 5.76. The SMILES string of the molecule is CCOc1cccc2c1NC(=O)C(C)(CC)CN2. The van der Waals surface area contributed by atoms with Crippen LogP contribution in [0.15, 0.2) is 18.2 Å². The van der Waals surface area contributed by atoms with Gasteiger partial charge in [-0.25, -0.2) is 0 Å². The first-order chi connectivity index (χ1) is 8.60. The molecule has 0 aliphatic carbocycles. The summed E-state index contributed by atoms with van der Waals surface area (Å²) in [7, 11) is 0. The lowest BCUT2D eigenvalue weighted by atomic mass is 9.86. The summed E-state index contributed by atoms with van der Waals surface area (Å²) in [4.78, 5) is 12.3. The zero-order valence-corrected chi connectivity index (χ0v) is 11.2. The number of nitrogens with one attached hydrogen (secondary N) is 2. The molecule has 1 heterocycles. The lowest BCUT2D eigenvalue weighted by Gasteiger charge is -2.23. The molecule has 1 unspecified atom stereocenters. The van der Waals surface area contributed by atoms with E-state index < -0.39 is 0 Å². The number of hydrogen-bond donors (Lipinski definition) is 2. The number of fused-ring (bicyclic) bond motifs is 1. The fraction of sp³-hybridized carbons (Fsp3) is 0.500. The Bertz CT molecular complexity index is 459. The Morgan fingerprint density at radius 1 is 1.39 bits per heavy atom. The third-order valence-electron chi connectivity index (χ3n) is 3.56. The van der Waals surface area contributed by atoms with Crippen LogP contribution in [-0.2, 0) is 4.79 Å². The smallest absolute Gasteiger partial charge is 0.232 e. The van der Waals surface area contributed by atoms with Crippen molar-refractivity contribution >= 4 is 17.3 Å². The van der Waals surface area contributed by atoms with Gasteiger partial charge in [0.15, 0.2) is 0 Å². The van der Waals surface area contributed by atoms with Gasteiger partial charge in [-0.05, 0) is 32.4 Å². The molecule has 18 heavy (non-hydrogen) atoms. The number of carbonyl (C=O) groups is 1. The molecular formula is C14H20N2O2. The highest BCUT2D eigenvalue weighted by Crippen LogP contribution is 2.38. The van der Waals surface area contributed by atoms with Gasteiger partial charge in [-0.3, -0.25) is 4.79 Å². The molecule has 4 nitrogen and oxygen atoms in total. The average molecular weight is 248 g/mol. The first-order valence-electron chi connectivity index (χ1n) is 6.42. The van der Waals surface area contributed by atoms with Crippen LogP contribution in [0.25, 0.3) is 0 Å². The van der Waals surface area contributed by atoms with Crippen LogP contribution < -0.4 is 15.4 Å². The average Bonchev–Trinajstić information content (AvgIpc) is 2.50. The Kier molecular flexibility index (Phi) is 3.45. The minimum atomic E-state index is -0.386. The molecule has 0 fully saturated rings. The lowest BCUT2D eigenvalue weighted by Crippen LogP contribution is -2.36. The maximum absolute atomic E-state index is 12.3. The normalized spacial score (nSPS) is 22.5. The molecule has 1 aliphatic heterocycles. The van der Waals surface area contributed by atoms with E-state index in [9.17, 15) is 4.79 Å². The van der Waals surface area contributed by atoms with Gasteiger partial charge in [-0.1, -0.05) is 13.0 Å². The van der Waals surface area contributed by atoms with Crippen molar-refractivity contribution in [3.8, 4) is 5.75 Å². The van der Waals surface area contributed by atoms with Gasteiger partial charge < -0.3 is 15.4 Å². The predicted octanol–water partition coefficient (Wildman–Crippen LogP) is 2.87. The van der Waals surface area contributed by atoms with Crippen molar-refractivity contribution in [1.29, 1.82) is 0 Å². The van der Waals surface area contributed by atoms with Crippen molar-refractivity contribution < 1.29 is 9.53 Å². The number of carbonyl (C=O) groups excluding carboxylic acids is 1. The van der Waals surface area contributed by atoms with Crippen LogP contribution in [0.4, 0.5) is 11.4 Å². The van der Waals surface area contributed by atoms with E-state index in [1.807, 2.05) is 39.0 Å². The summed E-state index contributed by atoms with van der Waals surface area (Å²) in [6.07, 6.45) is 0.795. The number of rotatable bonds is 3. The molecule has 4 heteroatoms. The zero-order chi connectivity index (χ0) is 13.2. The topological polar surface area (TPSA) is 50.4 Å². The Labute approximate surface area is 108 Å². The van der Waals surface area contributed by atoms with E-state index in [-0.39, 0.29) is 11.3 Å². The third-order valence-corrected chi connectivity index (χ3v) is 3.56. The van der Waals surface area contributed by atoms with Crippen LogP contribution in [-0.4, -0.2) is 19.1 Å². The van der Waals surface area contributed by atoms with Crippen molar-refractivity contribution in [1.82, 2.24) is 0 Å². The molecule has 0 aromatic heterocycles. The molecule has 0 spiro atoms. The molecule has 0 radical (unpaired) electrons. The van der Waals surface area contributed by atoms with Crippen molar-refractivity contribution in [3.63, 3.8) is 0 Å². The van der Waals surface area contributed by atoms with Crippen LogP contribution >= 0.6 is 0 Å². The van der Waals surface area contributed by atoms with E-state index in [0.717, 1.165) is 23.5 Å². The second-order valence-corrected chi connectivity index (χ2v) is 4.83. The largest absolute Gasteiger partial charge is 0.492 e. The van der Waals surface area contributed by atoms with E-state index >= 15 is 0 Å². The van der Waals surface area contributed by atoms with E-state index in [2.05, 4.69) is 10.6 Å². The third kappa shape index (κ3) is 2.15. The molecule has 1 aromatic rings. The Hall–Kier alpha value is -1.71. The fourth-order valence-electron chi connectivity index (χ4n) is 2.00. The van der Waals surface area contributed by atoms with Crippen molar-refractivity contribution in [2.75, 3.05) is 23.8 Å². The molecule has 1 atom stereocenters. The Balaban J connectivity index is 2.38. The molecule has 2 N–H and O–H groups in total. The quantitative estimate of drug-likeness (QED) is 0.864. The number of hydrogen-bond acceptors (Lipinski definition) is 3. The van der Waals surface area contributed by atoms with Crippen LogP contribution in [0.1, 0.15) is 27.2 Å². The Morgan fingerprint density at radius 3 is 2.83 bits per heavy atom. The Morgan fingerprint density at radius 2 is 2.17 bits per heavy atom. The van der Waals surface area contributed by atoms with E-state index in [4.69, 9.17) is 4.74 Å². The fourth-order valence-corrected chi connectivity index (χ4v) is 2.00. The van der Waals surface area contributed by atoms with Crippen LogP contribution in [0, 0.1) is 5.41 Å². The monoisotopic (exact) mass is 248 g/mol. The zero-order valence-electron chi connectivity index (χ0n) is 11.2. The molecule has 1 aromatic carbocycles. The summed E-state index contributed by atoms with van der Waals surface area (Å²) in [5.74, 6) is 0.764. The molecule has 0 saturated heterocycles. The van der Waals surface area contributed by atoms with E-state index in [1.165, 1.54) is 0 Å². The lowest BCUT2D eigenvalue weighted by molar-refractivity contribution is -0.124. The molecule has 1 aliphatic rings. The van der Waals surface area contributed by atoms with Gasteiger partial charge in [0.25, 0.3) is 0 Å². The van der Waals surface area contributed by atoms with Crippen LogP contribution in [0.3, 0.4) is 0 Å². The van der Waals surface area contributed by atoms with Gasteiger partial charge in [0.05, 0.1) is 17.7 Å². The number of benzene rings is 1. The predicted molar refractivity (Wildman–Crippen MR) is 73.1 cm³/mol. The van der Waals surface area contributed by atoms with Crippen LogP contribution in [0.2, 0.25) is 0 Å². The molecule has 2 rings (SSSR count). The summed E-state index contributed by atoms with van der Waals surface area (Å²) < 4.78 is 5.56. The van der Waals surface area contributed by atoms with E-state index in [1.54, 1.807) is 0 Å².